The maximum absolute atomic E-state index is 5.51. The minimum absolute atomic E-state index is 0.434. The van der Waals surface area contributed by atoms with Crippen LogP contribution in [-0.4, -0.2) is 55.5 Å². The Morgan fingerprint density at radius 2 is 1.96 bits per heavy atom. The number of amidine groups is 1. The zero-order chi connectivity index (χ0) is 16.5. The number of aliphatic imine (C=N–C) groups is 1. The second-order valence-electron chi connectivity index (χ2n) is 7.44. The summed E-state index contributed by atoms with van der Waals surface area (Å²) in [6, 6.07) is 2.93. The van der Waals surface area contributed by atoms with E-state index in [-0.39, 0.29) is 0 Å². The van der Waals surface area contributed by atoms with Crippen LogP contribution in [0, 0.1) is 0 Å². The highest BCUT2D eigenvalue weighted by Crippen LogP contribution is 2.46. The Hall–Kier alpha value is -0.910. The van der Waals surface area contributed by atoms with Crippen molar-refractivity contribution in [3.8, 4) is 0 Å². The first-order valence-corrected chi connectivity index (χ1v) is 10.3. The number of hydrogen-bond donors (Lipinski definition) is 0. The van der Waals surface area contributed by atoms with Gasteiger partial charge in [-0.3, -0.25) is 4.90 Å². The normalized spacial score (nSPS) is 26.3. The van der Waals surface area contributed by atoms with Gasteiger partial charge in [-0.1, -0.05) is 19.3 Å². The van der Waals surface area contributed by atoms with Gasteiger partial charge >= 0.3 is 0 Å². The third-order valence-corrected chi connectivity index (χ3v) is 7.11. The molecule has 1 unspecified atom stereocenters. The Bertz CT molecular complexity index is 600. The van der Waals surface area contributed by atoms with Crippen LogP contribution in [0.25, 0.3) is 0 Å². The molecule has 3 heterocycles. The molecule has 0 amide bonds. The number of ether oxygens (including phenoxy) is 1. The molecule has 0 N–H and O–H groups in total. The van der Waals surface area contributed by atoms with Gasteiger partial charge in [0, 0.05) is 37.1 Å². The number of morpholine rings is 1. The summed E-state index contributed by atoms with van der Waals surface area (Å²) >= 11 is 1.96. The van der Waals surface area contributed by atoms with Crippen LogP contribution >= 0.6 is 11.3 Å². The third kappa shape index (κ3) is 3.26. The molecule has 1 saturated carbocycles. The molecule has 1 aromatic rings. The molecule has 2 aliphatic heterocycles. The predicted octanol–water partition coefficient (Wildman–Crippen LogP) is 4.16. The largest absolute Gasteiger partial charge is 0.379 e. The fourth-order valence-corrected chi connectivity index (χ4v) is 5.54. The number of nitrogens with zero attached hydrogens (tertiary/aromatic N) is 3. The molecule has 4 nitrogen and oxygen atoms in total. The van der Waals surface area contributed by atoms with Crippen LogP contribution in [0.1, 0.15) is 61.4 Å². The van der Waals surface area contributed by atoms with Gasteiger partial charge in [0.05, 0.1) is 19.3 Å². The number of hydrogen-bond acceptors (Lipinski definition) is 5. The lowest BCUT2D eigenvalue weighted by Gasteiger charge is -2.37. The Kier molecular flexibility index (Phi) is 4.93. The summed E-state index contributed by atoms with van der Waals surface area (Å²) in [5.41, 5.74) is 1.46. The minimum Gasteiger partial charge on any atom is -0.379 e. The number of fused-ring (bicyclic) bond motifs is 1. The molecule has 4 rings (SSSR count). The Morgan fingerprint density at radius 3 is 2.71 bits per heavy atom. The highest BCUT2D eigenvalue weighted by Gasteiger charge is 2.31. The molecule has 2 fully saturated rings. The first-order valence-electron chi connectivity index (χ1n) is 9.44. The summed E-state index contributed by atoms with van der Waals surface area (Å²) in [4.78, 5) is 11.4. The Labute approximate surface area is 149 Å². The van der Waals surface area contributed by atoms with E-state index in [0.29, 0.717) is 6.04 Å². The van der Waals surface area contributed by atoms with Gasteiger partial charge < -0.3 is 9.64 Å². The van der Waals surface area contributed by atoms with E-state index >= 15 is 0 Å². The zero-order valence-corrected chi connectivity index (χ0v) is 15.8. The first kappa shape index (κ1) is 16.6. The van der Waals surface area contributed by atoms with Gasteiger partial charge in [-0.25, -0.2) is 4.99 Å². The number of thiophene rings is 1. The molecule has 132 valence electrons. The van der Waals surface area contributed by atoms with Gasteiger partial charge in [0.15, 0.2) is 0 Å². The van der Waals surface area contributed by atoms with E-state index in [0.717, 1.165) is 44.6 Å². The second-order valence-corrected chi connectivity index (χ2v) is 8.51. The molecule has 24 heavy (non-hydrogen) atoms. The summed E-state index contributed by atoms with van der Waals surface area (Å²) in [6.45, 7) is 7.07. The average Bonchev–Trinajstić information content (AvgIpc) is 3.04. The van der Waals surface area contributed by atoms with Crippen molar-refractivity contribution in [2.75, 3.05) is 39.9 Å². The molecular formula is C19H29N3OS. The predicted molar refractivity (Wildman–Crippen MR) is 101 cm³/mol. The Balaban J connectivity index is 1.58. The van der Waals surface area contributed by atoms with Crippen molar-refractivity contribution >= 4 is 22.2 Å². The number of likely N-dealkylation sites (N-methyl/N-ethyl adjacent to an activating group) is 1. The van der Waals surface area contributed by atoms with Gasteiger partial charge in [-0.15, -0.1) is 11.3 Å². The van der Waals surface area contributed by atoms with Gasteiger partial charge in [-0.2, -0.15) is 0 Å². The molecule has 0 bridgehead atoms. The van der Waals surface area contributed by atoms with Crippen LogP contribution in [0.15, 0.2) is 11.1 Å². The topological polar surface area (TPSA) is 28.1 Å². The molecule has 0 aromatic carbocycles. The summed E-state index contributed by atoms with van der Waals surface area (Å²) < 4.78 is 5.51. The summed E-state index contributed by atoms with van der Waals surface area (Å²) in [7, 11) is 2.20. The van der Waals surface area contributed by atoms with Crippen molar-refractivity contribution in [2.45, 2.75) is 51.0 Å². The quantitative estimate of drug-likeness (QED) is 0.822. The molecular weight excluding hydrogens is 318 g/mol. The maximum Gasteiger partial charge on any atom is 0.123 e. The lowest BCUT2D eigenvalue weighted by atomic mass is 9.88. The molecule has 5 heteroatoms. The zero-order valence-electron chi connectivity index (χ0n) is 15.0. The van der Waals surface area contributed by atoms with Crippen molar-refractivity contribution in [2.24, 2.45) is 4.99 Å². The van der Waals surface area contributed by atoms with Crippen LogP contribution in [0.5, 0.6) is 0 Å². The second kappa shape index (κ2) is 7.14. The fraction of sp³-hybridized carbons (Fsp3) is 0.737. The maximum atomic E-state index is 5.51. The summed E-state index contributed by atoms with van der Waals surface area (Å²) in [5.74, 6) is 1.93. The molecule has 3 aliphatic rings. The highest BCUT2D eigenvalue weighted by molar-refractivity contribution is 7.16. The lowest BCUT2D eigenvalue weighted by molar-refractivity contribution is 0.0292. The van der Waals surface area contributed by atoms with Crippen LogP contribution in [0.2, 0.25) is 0 Å². The van der Waals surface area contributed by atoms with Crippen molar-refractivity contribution < 1.29 is 4.74 Å². The monoisotopic (exact) mass is 347 g/mol. The molecule has 0 radical (unpaired) electrons. The van der Waals surface area contributed by atoms with Crippen LogP contribution in [0.3, 0.4) is 0 Å². The van der Waals surface area contributed by atoms with E-state index in [1.807, 2.05) is 11.3 Å². The SMILES string of the molecule is CC1=Nc2sc(C3CCCCC3)cc2C(CN2CCOCC2)N1C. The molecule has 0 spiro atoms. The van der Waals surface area contributed by atoms with Gasteiger partial charge in [0.1, 0.15) is 10.8 Å². The summed E-state index contributed by atoms with van der Waals surface area (Å²) in [6.07, 6.45) is 6.94. The van der Waals surface area contributed by atoms with Crippen molar-refractivity contribution in [1.29, 1.82) is 0 Å². The Morgan fingerprint density at radius 1 is 1.21 bits per heavy atom. The molecule has 1 aliphatic carbocycles. The van der Waals surface area contributed by atoms with Crippen molar-refractivity contribution in [3.05, 3.63) is 16.5 Å². The fourth-order valence-electron chi connectivity index (χ4n) is 4.24. The van der Waals surface area contributed by atoms with E-state index < -0.39 is 0 Å². The van der Waals surface area contributed by atoms with Crippen molar-refractivity contribution in [3.63, 3.8) is 0 Å². The van der Waals surface area contributed by atoms with Gasteiger partial charge in [0.25, 0.3) is 0 Å². The third-order valence-electron chi connectivity index (χ3n) is 5.90. The van der Waals surface area contributed by atoms with E-state index in [2.05, 4.69) is 29.8 Å². The van der Waals surface area contributed by atoms with Crippen molar-refractivity contribution in [1.82, 2.24) is 9.80 Å². The first-order chi connectivity index (χ1) is 11.7. The smallest absolute Gasteiger partial charge is 0.123 e. The lowest BCUT2D eigenvalue weighted by Crippen LogP contribution is -2.44. The van der Waals surface area contributed by atoms with Crippen LogP contribution in [0.4, 0.5) is 5.00 Å². The standard InChI is InChI=1S/C19H29N3OS/c1-14-20-19-16(12-18(24-19)15-6-4-3-5-7-15)17(21(14)2)13-22-8-10-23-11-9-22/h12,15,17H,3-11,13H2,1-2H3. The van der Waals surface area contributed by atoms with E-state index in [9.17, 15) is 0 Å². The van der Waals surface area contributed by atoms with Crippen LogP contribution in [-0.2, 0) is 4.74 Å². The van der Waals surface area contributed by atoms with E-state index in [1.54, 1.807) is 4.88 Å². The number of rotatable bonds is 3. The van der Waals surface area contributed by atoms with Gasteiger partial charge in [-0.05, 0) is 31.7 Å². The molecule has 1 aromatic heterocycles. The summed E-state index contributed by atoms with van der Waals surface area (Å²) in [5, 5.41) is 1.27. The molecule has 1 atom stereocenters. The molecule has 1 saturated heterocycles. The van der Waals surface area contributed by atoms with E-state index in [4.69, 9.17) is 9.73 Å². The highest BCUT2D eigenvalue weighted by atomic mass is 32.1. The van der Waals surface area contributed by atoms with E-state index in [1.165, 1.54) is 42.7 Å². The van der Waals surface area contributed by atoms with Crippen LogP contribution < -0.4 is 0 Å². The van der Waals surface area contributed by atoms with Gasteiger partial charge in [0.2, 0.25) is 0 Å². The minimum atomic E-state index is 0.434. The average molecular weight is 348 g/mol.